The molecule has 3 nitrogen and oxygen atoms in total. The van der Waals surface area contributed by atoms with Crippen molar-refractivity contribution in [3.63, 3.8) is 0 Å². The van der Waals surface area contributed by atoms with Crippen molar-refractivity contribution in [2.75, 3.05) is 0 Å². The van der Waals surface area contributed by atoms with Gasteiger partial charge in [-0.05, 0) is 43.2 Å². The molecule has 0 saturated heterocycles. The lowest BCUT2D eigenvalue weighted by Gasteiger charge is -2.26. The van der Waals surface area contributed by atoms with Gasteiger partial charge in [0.2, 0.25) is 5.78 Å². The highest BCUT2D eigenvalue weighted by atomic mass is 19.1. The summed E-state index contributed by atoms with van der Waals surface area (Å²) in [6.45, 7) is 3.51. The van der Waals surface area contributed by atoms with Crippen LogP contribution in [0.5, 0.6) is 0 Å². The summed E-state index contributed by atoms with van der Waals surface area (Å²) in [7, 11) is 0. The lowest BCUT2D eigenvalue weighted by Crippen LogP contribution is -2.43. The van der Waals surface area contributed by atoms with E-state index in [1.165, 1.54) is 18.2 Å². The molecule has 1 amide bonds. The molecule has 0 aliphatic rings. The van der Waals surface area contributed by atoms with Gasteiger partial charge in [0.25, 0.3) is 5.91 Å². The Hall–Kier alpha value is -2.75. The van der Waals surface area contributed by atoms with Gasteiger partial charge in [-0.15, -0.1) is 0 Å². The van der Waals surface area contributed by atoms with E-state index < -0.39 is 17.2 Å². The SMILES string of the molecule is CC(C)(NC(=O)C(=O)C=Cc1ccccc1)c1ccc(F)cc1. The number of hydrogen-bond acceptors (Lipinski definition) is 2. The summed E-state index contributed by atoms with van der Waals surface area (Å²) >= 11 is 0. The van der Waals surface area contributed by atoms with Crippen LogP contribution in [0.15, 0.2) is 60.7 Å². The average Bonchev–Trinajstić information content (AvgIpc) is 2.53. The predicted molar refractivity (Wildman–Crippen MR) is 88.1 cm³/mol. The number of hydrogen-bond donors (Lipinski definition) is 1. The maximum absolute atomic E-state index is 13.0. The van der Waals surface area contributed by atoms with Gasteiger partial charge in [0.1, 0.15) is 5.82 Å². The third-order valence-corrected chi connectivity index (χ3v) is 3.44. The molecule has 1 N–H and O–H groups in total. The van der Waals surface area contributed by atoms with Gasteiger partial charge in [-0.1, -0.05) is 48.5 Å². The minimum atomic E-state index is -0.777. The Labute approximate surface area is 134 Å². The number of nitrogens with one attached hydrogen (secondary N) is 1. The first-order valence-electron chi connectivity index (χ1n) is 7.24. The standard InChI is InChI=1S/C19H18FNO2/c1-19(2,15-9-11-16(20)12-10-15)21-18(23)17(22)13-8-14-6-4-3-5-7-14/h3-13H,1-2H3,(H,21,23). The van der Waals surface area contributed by atoms with Crippen LogP contribution in [0.25, 0.3) is 6.08 Å². The summed E-state index contributed by atoms with van der Waals surface area (Å²) in [5.74, 6) is -1.69. The molecule has 0 aromatic heterocycles. The van der Waals surface area contributed by atoms with Crippen molar-refractivity contribution in [2.24, 2.45) is 0 Å². The first-order valence-corrected chi connectivity index (χ1v) is 7.24. The molecule has 0 aliphatic heterocycles. The normalized spacial score (nSPS) is 11.4. The van der Waals surface area contributed by atoms with Crippen LogP contribution < -0.4 is 5.32 Å². The zero-order valence-electron chi connectivity index (χ0n) is 13.0. The summed E-state index contributed by atoms with van der Waals surface area (Å²) in [4.78, 5) is 24.0. The van der Waals surface area contributed by atoms with Crippen LogP contribution in [0.3, 0.4) is 0 Å². The predicted octanol–water partition coefficient (Wildman–Crippen LogP) is 3.46. The third kappa shape index (κ3) is 4.61. The summed E-state index contributed by atoms with van der Waals surface area (Å²) in [6.07, 6.45) is 2.83. The van der Waals surface area contributed by atoms with Gasteiger partial charge in [-0.3, -0.25) is 9.59 Å². The Bertz CT molecular complexity index is 719. The maximum Gasteiger partial charge on any atom is 0.292 e. The van der Waals surface area contributed by atoms with Gasteiger partial charge < -0.3 is 5.32 Å². The van der Waals surface area contributed by atoms with E-state index in [9.17, 15) is 14.0 Å². The third-order valence-electron chi connectivity index (χ3n) is 3.44. The Kier molecular flexibility index (Phi) is 5.06. The Balaban J connectivity index is 2.04. The van der Waals surface area contributed by atoms with Gasteiger partial charge in [-0.25, -0.2) is 4.39 Å². The molecule has 0 aliphatic carbocycles. The van der Waals surface area contributed by atoms with E-state index >= 15 is 0 Å². The fourth-order valence-electron chi connectivity index (χ4n) is 2.10. The summed E-state index contributed by atoms with van der Waals surface area (Å²) in [5.41, 5.74) is 0.777. The first kappa shape index (κ1) is 16.6. The molecule has 118 valence electrons. The number of amides is 1. The highest BCUT2D eigenvalue weighted by Gasteiger charge is 2.25. The van der Waals surface area contributed by atoms with E-state index in [0.29, 0.717) is 5.56 Å². The van der Waals surface area contributed by atoms with Crippen molar-refractivity contribution in [3.8, 4) is 0 Å². The lowest BCUT2D eigenvalue weighted by molar-refractivity contribution is -0.136. The van der Waals surface area contributed by atoms with Crippen molar-refractivity contribution in [3.05, 3.63) is 77.6 Å². The van der Waals surface area contributed by atoms with Crippen LogP contribution in [0.2, 0.25) is 0 Å². The summed E-state index contributed by atoms with van der Waals surface area (Å²) in [5, 5.41) is 2.67. The van der Waals surface area contributed by atoms with Crippen molar-refractivity contribution < 1.29 is 14.0 Å². The van der Waals surface area contributed by atoms with Crippen molar-refractivity contribution in [1.82, 2.24) is 5.32 Å². The number of halogens is 1. The molecule has 0 fully saturated rings. The second-order valence-electron chi connectivity index (χ2n) is 5.69. The number of benzene rings is 2. The molecule has 0 unspecified atom stereocenters. The molecule has 0 bridgehead atoms. The largest absolute Gasteiger partial charge is 0.340 e. The van der Waals surface area contributed by atoms with E-state index in [4.69, 9.17) is 0 Å². The Morgan fingerprint density at radius 2 is 1.61 bits per heavy atom. The second kappa shape index (κ2) is 7.01. The minimum absolute atomic E-state index is 0.349. The topological polar surface area (TPSA) is 46.2 Å². The quantitative estimate of drug-likeness (QED) is 0.679. The molecule has 0 radical (unpaired) electrons. The van der Waals surface area contributed by atoms with Crippen molar-refractivity contribution in [1.29, 1.82) is 0 Å². The number of rotatable bonds is 5. The zero-order chi connectivity index (χ0) is 16.9. The zero-order valence-corrected chi connectivity index (χ0v) is 13.0. The highest BCUT2D eigenvalue weighted by molar-refractivity contribution is 6.41. The second-order valence-corrected chi connectivity index (χ2v) is 5.69. The Morgan fingerprint density at radius 3 is 2.22 bits per heavy atom. The number of carbonyl (C=O) groups is 2. The van der Waals surface area contributed by atoms with E-state index in [0.717, 1.165) is 5.56 Å². The molecule has 2 aromatic carbocycles. The highest BCUT2D eigenvalue weighted by Crippen LogP contribution is 2.20. The van der Waals surface area contributed by atoms with E-state index in [-0.39, 0.29) is 5.82 Å². The van der Waals surface area contributed by atoms with Gasteiger partial charge in [-0.2, -0.15) is 0 Å². The molecule has 0 atom stereocenters. The van der Waals surface area contributed by atoms with Gasteiger partial charge in [0.05, 0.1) is 5.54 Å². The van der Waals surface area contributed by atoms with Crippen LogP contribution in [-0.2, 0) is 15.1 Å². The lowest BCUT2D eigenvalue weighted by atomic mass is 9.94. The van der Waals surface area contributed by atoms with Crippen LogP contribution in [-0.4, -0.2) is 11.7 Å². The molecule has 2 aromatic rings. The fourth-order valence-corrected chi connectivity index (χ4v) is 2.10. The molecule has 0 heterocycles. The molecular weight excluding hydrogens is 293 g/mol. The monoisotopic (exact) mass is 311 g/mol. The van der Waals surface area contributed by atoms with E-state index in [2.05, 4.69) is 5.32 Å². The van der Waals surface area contributed by atoms with Crippen molar-refractivity contribution >= 4 is 17.8 Å². The molecule has 0 spiro atoms. The summed E-state index contributed by atoms with van der Waals surface area (Å²) < 4.78 is 13.0. The molecular formula is C19H18FNO2. The molecule has 2 rings (SSSR count). The van der Waals surface area contributed by atoms with E-state index in [1.54, 1.807) is 32.1 Å². The fraction of sp³-hybridized carbons (Fsp3) is 0.158. The van der Waals surface area contributed by atoms with Crippen LogP contribution >= 0.6 is 0 Å². The van der Waals surface area contributed by atoms with Crippen LogP contribution in [0, 0.1) is 5.82 Å². The number of carbonyl (C=O) groups excluding carboxylic acids is 2. The maximum atomic E-state index is 13.0. The van der Waals surface area contributed by atoms with Crippen molar-refractivity contribution in [2.45, 2.75) is 19.4 Å². The molecule has 0 saturated carbocycles. The minimum Gasteiger partial charge on any atom is -0.340 e. The number of ketones is 1. The summed E-state index contributed by atoms with van der Waals surface area (Å²) in [6, 6.07) is 15.1. The van der Waals surface area contributed by atoms with Gasteiger partial charge >= 0.3 is 0 Å². The average molecular weight is 311 g/mol. The smallest absolute Gasteiger partial charge is 0.292 e. The Morgan fingerprint density at radius 1 is 1.00 bits per heavy atom. The van der Waals surface area contributed by atoms with Crippen LogP contribution in [0.4, 0.5) is 4.39 Å². The first-order chi connectivity index (χ1) is 10.9. The van der Waals surface area contributed by atoms with Gasteiger partial charge in [0, 0.05) is 0 Å². The van der Waals surface area contributed by atoms with Gasteiger partial charge in [0.15, 0.2) is 0 Å². The van der Waals surface area contributed by atoms with Crippen LogP contribution in [0.1, 0.15) is 25.0 Å². The van der Waals surface area contributed by atoms with E-state index in [1.807, 2.05) is 30.3 Å². The molecule has 4 heteroatoms. The molecule has 23 heavy (non-hydrogen) atoms.